The minimum Gasteiger partial charge on any atom is -0.411 e. The van der Waals surface area contributed by atoms with Gasteiger partial charge in [-0.1, -0.05) is 238 Å². The Balaban J connectivity index is 0.000000204. The Labute approximate surface area is 727 Å². The van der Waals surface area contributed by atoms with Gasteiger partial charge in [0.2, 0.25) is 0 Å². The zero-order chi connectivity index (χ0) is 78.7. The topological polar surface area (TPSA) is 19.4 Å². The molecule has 0 heterocycles. The zero-order valence-corrected chi connectivity index (χ0v) is 74.5. The van der Waals surface area contributed by atoms with E-state index in [-0.39, 0.29) is 21.1 Å². The first-order valence-corrected chi connectivity index (χ1v) is 39.2. The van der Waals surface area contributed by atoms with Crippen LogP contribution < -0.4 is 29.4 Å². The van der Waals surface area contributed by atoms with Crippen molar-refractivity contribution in [3.8, 4) is 0 Å². The smallest absolute Gasteiger partial charge is 0.411 e. The number of aryl methyl sites for hydroxylation is 12. The van der Waals surface area contributed by atoms with Crippen molar-refractivity contribution in [1.82, 2.24) is 0 Å². The van der Waals surface area contributed by atoms with Crippen LogP contribution in [0.5, 0.6) is 0 Å². The van der Waals surface area contributed by atoms with Gasteiger partial charge in [0, 0.05) is 68.2 Å². The van der Waals surface area contributed by atoms with Gasteiger partial charge in [-0.15, -0.1) is 0 Å². The monoisotopic (exact) mass is 1730 g/mol. The van der Waals surface area contributed by atoms with Crippen molar-refractivity contribution in [2.75, 3.05) is 29.4 Å². The number of anilines is 12. The fraction of sp³-hybridized carbons (Fsp3) is 0.133. The van der Waals surface area contributed by atoms with Gasteiger partial charge in [0.25, 0.3) is 0 Å². The van der Waals surface area contributed by atoms with Crippen LogP contribution in [0.1, 0.15) is 66.8 Å². The minimum atomic E-state index is 0. The van der Waals surface area contributed by atoms with E-state index < -0.39 is 0 Å². The summed E-state index contributed by atoms with van der Waals surface area (Å²) in [5, 5.41) is 0. The molecule has 109 heavy (non-hydrogen) atoms. The maximum Gasteiger partial charge on any atom is 6.00 e. The molecule has 0 spiro atoms. The van der Waals surface area contributed by atoms with Crippen molar-refractivity contribution in [3.05, 3.63) is 358 Å². The molecule has 0 aliphatic rings. The maximum atomic E-state index is 5.19. The van der Waals surface area contributed by atoms with Crippen LogP contribution in [0.4, 0.5) is 68.2 Å². The van der Waals surface area contributed by atoms with Crippen LogP contribution in [-0.4, -0.2) is 25.9 Å². The van der Waals surface area contributed by atoms with Crippen molar-refractivity contribution in [2.45, 2.75) is 83.1 Å². The van der Waals surface area contributed by atoms with Crippen LogP contribution in [0.15, 0.2) is 291 Å². The molecular formula is C90H84MoN6S12. The van der Waals surface area contributed by atoms with Crippen molar-refractivity contribution in [3.63, 3.8) is 0 Å². The van der Waals surface area contributed by atoms with Gasteiger partial charge in [0.1, 0.15) is 0 Å². The molecule has 0 unspecified atom stereocenters. The molecule has 6 nitrogen and oxygen atoms in total. The van der Waals surface area contributed by atoms with Gasteiger partial charge in [-0.2, -0.15) is 0 Å². The first-order valence-electron chi connectivity index (χ1n) is 34.3. The Hall–Kier alpha value is -8.01. The third-order valence-corrected chi connectivity index (χ3v) is 18.8. The van der Waals surface area contributed by atoms with Crippen LogP contribution >= 0.6 is 73.3 Å². The van der Waals surface area contributed by atoms with E-state index >= 15 is 0 Å². The second-order valence-corrected chi connectivity index (χ2v) is 31.8. The Morgan fingerprint density at radius 2 is 0.202 bits per heavy atom. The largest absolute Gasteiger partial charge is 6.00 e. The van der Waals surface area contributed by atoms with Crippen LogP contribution in [0, 0.1) is 83.1 Å². The summed E-state index contributed by atoms with van der Waals surface area (Å²) in [7, 11) is 0. The summed E-state index contributed by atoms with van der Waals surface area (Å²) in [6.45, 7) is 24.7. The van der Waals surface area contributed by atoms with Gasteiger partial charge in [0.05, 0.1) is 0 Å². The summed E-state index contributed by atoms with van der Waals surface area (Å²) in [5.74, 6) is 0. The molecule has 12 aromatic rings. The van der Waals surface area contributed by atoms with Crippen LogP contribution in [0.25, 0.3) is 0 Å². The SMILES string of the molecule is Cc1ccc(N(C(=S)[S-])c2ccc(C)cc2)cc1.Cc1ccc(N(C(=S)[S-])c2ccc(C)cc2)cc1.Cc1ccc(N(C(=S)[S-])c2ccc(C)cc2)cc1.Cc1ccc(N(C(=S)[S-])c2ccc(C)cc2)cc1.Cc1ccc(N(C(=S)[S-])c2ccc(C)cc2)cc1.Cc1ccc(N(C(=S)[S-])c2ccc(C)cc2)cc1.[Mo+6]. The first kappa shape index (κ1) is 89.9. The summed E-state index contributed by atoms with van der Waals surface area (Å²) in [6, 6.07) is 98.3. The van der Waals surface area contributed by atoms with E-state index in [4.69, 9.17) is 149 Å². The van der Waals surface area contributed by atoms with E-state index in [0.29, 0.717) is 25.9 Å². The Morgan fingerprint density at radius 3 is 0.248 bits per heavy atom. The van der Waals surface area contributed by atoms with Crippen molar-refractivity contribution >= 4 is 243 Å². The fourth-order valence-electron chi connectivity index (χ4n) is 10.5. The molecule has 0 saturated heterocycles. The van der Waals surface area contributed by atoms with Crippen LogP contribution in [-0.2, 0) is 96.8 Å². The molecule has 0 fully saturated rings. The molecule has 19 heteroatoms. The summed E-state index contributed by atoms with van der Waals surface area (Å²) >= 11 is 62.2. The van der Waals surface area contributed by atoms with Gasteiger partial charge in [-0.05, 0) is 229 Å². The molecular weight excluding hydrogens is 1650 g/mol. The second kappa shape index (κ2) is 44.7. The average molecular weight is 1730 g/mol. The molecule has 0 N–H and O–H groups in total. The first-order chi connectivity index (χ1) is 51.5. The minimum absolute atomic E-state index is 0. The van der Waals surface area contributed by atoms with Crippen molar-refractivity contribution < 1.29 is 21.1 Å². The molecule has 0 radical (unpaired) electrons. The summed E-state index contributed by atoms with van der Waals surface area (Å²) < 4.78 is 2.60. The van der Waals surface area contributed by atoms with E-state index in [1.54, 1.807) is 0 Å². The van der Waals surface area contributed by atoms with Crippen LogP contribution in [0.2, 0.25) is 0 Å². The van der Waals surface area contributed by atoms with E-state index in [9.17, 15) is 0 Å². The molecule has 12 rings (SSSR count). The number of rotatable bonds is 12. The Kier molecular flexibility index (Phi) is 36.9. The predicted octanol–water partition coefficient (Wildman–Crippen LogP) is 25.6. The third kappa shape index (κ3) is 28.4. The number of benzene rings is 12. The molecule has 0 aliphatic carbocycles. The quantitative estimate of drug-likeness (QED) is 0.0657. The standard InChI is InChI=1S/6C15H15NS2.Mo/c6*1-11-3-7-13(8-4-11)16(15(17)18)14-9-5-12(2)6-10-14;/h6*3-10H,1-2H3,(H,17,18);/q;;;;;;+6/p-6. The molecule has 0 amide bonds. The number of hydrogen-bond donors (Lipinski definition) is 0. The Bertz CT molecular complexity index is 3810. The molecule has 0 aliphatic heterocycles. The van der Waals surface area contributed by atoms with Crippen LogP contribution in [0.3, 0.4) is 0 Å². The third-order valence-electron chi connectivity index (χ3n) is 16.6. The molecule has 0 bridgehead atoms. The fourth-order valence-corrected chi connectivity index (χ4v) is 13.0. The van der Waals surface area contributed by atoms with E-state index in [2.05, 4.69) is 229 Å². The molecule has 552 valence electrons. The second-order valence-electron chi connectivity index (χ2n) is 25.6. The average Bonchev–Trinajstić information content (AvgIpc) is 0.864. The van der Waals surface area contributed by atoms with Gasteiger partial charge in [-0.25, -0.2) is 0 Å². The molecule has 0 saturated carbocycles. The summed E-state index contributed by atoms with van der Waals surface area (Å²) in [4.78, 5) is 11.4. The predicted molar refractivity (Wildman–Crippen MR) is 507 cm³/mol. The van der Waals surface area contributed by atoms with E-state index in [1.807, 2.05) is 175 Å². The van der Waals surface area contributed by atoms with Gasteiger partial charge >= 0.3 is 21.1 Å². The van der Waals surface area contributed by atoms with Gasteiger partial charge < -0.3 is 178 Å². The number of hydrogen-bond acceptors (Lipinski definition) is 12. The number of thiocarbonyl (C=S) groups is 6. The van der Waals surface area contributed by atoms with E-state index in [1.165, 1.54) is 66.8 Å². The van der Waals surface area contributed by atoms with Crippen molar-refractivity contribution in [1.29, 1.82) is 0 Å². The molecule has 12 aromatic carbocycles. The molecule has 0 aromatic heterocycles. The summed E-state index contributed by atoms with van der Waals surface area (Å²) in [6.07, 6.45) is 0. The Morgan fingerprint density at radius 1 is 0.147 bits per heavy atom. The zero-order valence-electron chi connectivity index (χ0n) is 62.7. The van der Waals surface area contributed by atoms with Gasteiger partial charge in [0.15, 0.2) is 0 Å². The maximum absolute atomic E-state index is 5.19. The molecule has 0 atom stereocenters. The van der Waals surface area contributed by atoms with Gasteiger partial charge in [-0.3, -0.25) is 0 Å². The summed E-state index contributed by atoms with van der Waals surface area (Å²) in [5.41, 5.74) is 26.7. The normalized spacial score (nSPS) is 10.0. The number of nitrogens with zero attached hydrogens (tertiary/aromatic N) is 6. The van der Waals surface area contributed by atoms with Crippen molar-refractivity contribution in [2.24, 2.45) is 0 Å². The van der Waals surface area contributed by atoms with E-state index in [0.717, 1.165) is 68.2 Å².